The summed E-state index contributed by atoms with van der Waals surface area (Å²) in [6.07, 6.45) is 3.24. The average molecular weight is 237 g/mol. The van der Waals surface area contributed by atoms with Crippen LogP contribution < -0.4 is 34.3 Å². The van der Waals surface area contributed by atoms with Crippen molar-refractivity contribution in [2.75, 3.05) is 5.75 Å². The van der Waals surface area contributed by atoms with E-state index in [-0.39, 0.29) is 40.4 Å². The standard InChI is InChI=1S/C10H16NO2S.Na/c1-9(2)7-3-4-10(9)6-14(12,13)11-8(10)5-7;/h7,11H,3-6H2,1-2H3;/q-1;+1. The molecule has 3 aliphatic rings. The minimum Gasteiger partial charge on any atom is -0.362 e. The Hall–Kier alpha value is 0.910. The van der Waals surface area contributed by atoms with E-state index < -0.39 is 10.0 Å². The fourth-order valence-corrected chi connectivity index (χ4v) is 5.93. The molecule has 1 spiro atoms. The van der Waals surface area contributed by atoms with Crippen LogP contribution in [0, 0.1) is 22.8 Å². The Morgan fingerprint density at radius 3 is 2.60 bits per heavy atom. The van der Waals surface area contributed by atoms with Crippen molar-refractivity contribution >= 4 is 10.0 Å². The Bertz CT molecular complexity index is 392. The van der Waals surface area contributed by atoms with E-state index in [4.69, 9.17) is 0 Å². The van der Waals surface area contributed by atoms with Crippen molar-refractivity contribution in [3.63, 3.8) is 0 Å². The summed E-state index contributed by atoms with van der Waals surface area (Å²) < 4.78 is 25.9. The number of nitrogens with one attached hydrogen (secondary N) is 1. The molecule has 0 aromatic rings. The summed E-state index contributed by atoms with van der Waals surface area (Å²) in [5, 5.41) is 0. The van der Waals surface area contributed by atoms with Crippen LogP contribution in [0.1, 0.15) is 33.1 Å². The smallest absolute Gasteiger partial charge is 0.362 e. The van der Waals surface area contributed by atoms with Crippen LogP contribution in [-0.2, 0) is 10.0 Å². The van der Waals surface area contributed by atoms with Crippen molar-refractivity contribution in [1.29, 1.82) is 0 Å². The largest absolute Gasteiger partial charge is 1.00 e. The molecule has 2 aliphatic carbocycles. The molecule has 0 aromatic heterocycles. The molecule has 1 N–H and O–H groups in total. The second-order valence-corrected chi connectivity index (χ2v) is 7.31. The number of hydrogen-bond donors (Lipinski definition) is 1. The van der Waals surface area contributed by atoms with Gasteiger partial charge < -0.3 is 4.72 Å². The van der Waals surface area contributed by atoms with Gasteiger partial charge in [0.25, 0.3) is 0 Å². The Labute approximate surface area is 114 Å². The quantitative estimate of drug-likeness (QED) is 0.402. The van der Waals surface area contributed by atoms with E-state index in [1.54, 1.807) is 0 Å². The first-order valence-electron chi connectivity index (χ1n) is 5.24. The number of sulfonamides is 1. The van der Waals surface area contributed by atoms with E-state index in [0.717, 1.165) is 18.9 Å². The SMILES string of the molecule is CC1(C)C2CCC13CS(=O)(=O)N[C-]3C2.[Na+]. The molecule has 1 heterocycles. The van der Waals surface area contributed by atoms with Crippen molar-refractivity contribution in [3.05, 3.63) is 6.04 Å². The van der Waals surface area contributed by atoms with Crippen LogP contribution in [0.5, 0.6) is 0 Å². The number of hydrogen-bond acceptors (Lipinski definition) is 2. The average Bonchev–Trinajstić information content (AvgIpc) is 2.50. The fraction of sp³-hybridized carbons (Fsp3) is 0.900. The third kappa shape index (κ3) is 1.35. The van der Waals surface area contributed by atoms with Gasteiger partial charge in [0.05, 0.1) is 0 Å². The van der Waals surface area contributed by atoms with Crippen LogP contribution >= 0.6 is 0 Å². The molecule has 2 atom stereocenters. The maximum atomic E-state index is 11.6. The number of rotatable bonds is 0. The summed E-state index contributed by atoms with van der Waals surface area (Å²) in [6, 6.07) is 1.11. The van der Waals surface area contributed by atoms with Gasteiger partial charge in [-0.15, -0.1) is 5.41 Å². The van der Waals surface area contributed by atoms with Gasteiger partial charge in [0, 0.05) is 5.75 Å². The second-order valence-electron chi connectivity index (χ2n) is 5.58. The van der Waals surface area contributed by atoms with Crippen molar-refractivity contribution < 1.29 is 38.0 Å². The van der Waals surface area contributed by atoms with E-state index in [0.29, 0.717) is 11.7 Å². The Morgan fingerprint density at radius 1 is 1.40 bits per heavy atom. The predicted molar refractivity (Wildman–Crippen MR) is 53.7 cm³/mol. The van der Waals surface area contributed by atoms with Gasteiger partial charge in [-0.2, -0.15) is 6.42 Å². The van der Waals surface area contributed by atoms with Crippen molar-refractivity contribution in [3.8, 4) is 0 Å². The van der Waals surface area contributed by atoms with Gasteiger partial charge in [0.15, 0.2) is 10.0 Å². The molecule has 0 amide bonds. The Morgan fingerprint density at radius 2 is 2.07 bits per heavy atom. The van der Waals surface area contributed by atoms with E-state index in [9.17, 15) is 8.42 Å². The molecule has 5 heteroatoms. The van der Waals surface area contributed by atoms with Crippen molar-refractivity contribution in [1.82, 2.24) is 4.72 Å². The van der Waals surface area contributed by atoms with Crippen LogP contribution in [0.2, 0.25) is 0 Å². The predicted octanol–water partition coefficient (Wildman–Crippen LogP) is -1.72. The molecule has 2 unspecified atom stereocenters. The topological polar surface area (TPSA) is 46.2 Å². The van der Waals surface area contributed by atoms with E-state index in [1.807, 2.05) is 0 Å². The van der Waals surface area contributed by atoms with Gasteiger partial charge in [-0.3, -0.25) is 0 Å². The zero-order valence-electron chi connectivity index (χ0n) is 9.63. The van der Waals surface area contributed by atoms with Gasteiger partial charge in [-0.05, 0) is 0 Å². The Balaban J connectivity index is 0.000000853. The minimum atomic E-state index is -3.01. The van der Waals surface area contributed by atoms with Gasteiger partial charge in [0.2, 0.25) is 0 Å². The van der Waals surface area contributed by atoms with Crippen molar-refractivity contribution in [2.45, 2.75) is 33.1 Å². The summed E-state index contributed by atoms with van der Waals surface area (Å²) in [7, 11) is -3.01. The van der Waals surface area contributed by atoms with E-state index in [2.05, 4.69) is 18.6 Å². The molecule has 80 valence electrons. The van der Waals surface area contributed by atoms with Gasteiger partial charge in [-0.1, -0.05) is 38.0 Å². The van der Waals surface area contributed by atoms with Gasteiger partial charge in [-0.25, -0.2) is 14.5 Å². The first-order chi connectivity index (χ1) is 6.37. The van der Waals surface area contributed by atoms with E-state index >= 15 is 0 Å². The molecular formula is C10H16NNaO2S. The minimum absolute atomic E-state index is 0. The summed E-state index contributed by atoms with van der Waals surface area (Å²) in [5.74, 6) is 1.03. The summed E-state index contributed by atoms with van der Waals surface area (Å²) in [5.41, 5.74) is 0.148. The monoisotopic (exact) mass is 237 g/mol. The molecule has 2 bridgehead atoms. The molecule has 2 saturated carbocycles. The fourth-order valence-electron chi connectivity index (χ4n) is 3.87. The maximum Gasteiger partial charge on any atom is 1.00 e. The van der Waals surface area contributed by atoms with Crippen molar-refractivity contribution in [2.24, 2.45) is 16.7 Å². The normalized spacial score (nSPS) is 45.1. The summed E-state index contributed by atoms with van der Waals surface area (Å²) in [4.78, 5) is 0. The van der Waals surface area contributed by atoms with Crippen LogP contribution in [-0.4, -0.2) is 14.2 Å². The molecular weight excluding hydrogens is 221 g/mol. The zero-order chi connectivity index (χ0) is 10.2. The first-order valence-corrected chi connectivity index (χ1v) is 6.89. The molecule has 1 saturated heterocycles. The first kappa shape index (κ1) is 12.4. The van der Waals surface area contributed by atoms with Crippen LogP contribution in [0.25, 0.3) is 0 Å². The van der Waals surface area contributed by atoms with Crippen LogP contribution in [0.15, 0.2) is 0 Å². The molecule has 15 heavy (non-hydrogen) atoms. The maximum absolute atomic E-state index is 11.6. The molecule has 0 aromatic carbocycles. The third-order valence-electron chi connectivity index (χ3n) is 4.92. The van der Waals surface area contributed by atoms with Crippen LogP contribution in [0.4, 0.5) is 0 Å². The second kappa shape index (κ2) is 3.22. The van der Waals surface area contributed by atoms with Gasteiger partial charge >= 0.3 is 29.6 Å². The van der Waals surface area contributed by atoms with Gasteiger partial charge in [0.1, 0.15) is 0 Å². The molecule has 3 rings (SSSR count). The zero-order valence-corrected chi connectivity index (χ0v) is 12.4. The third-order valence-corrected chi connectivity index (χ3v) is 6.35. The summed E-state index contributed by atoms with van der Waals surface area (Å²) >= 11 is 0. The molecule has 1 aliphatic heterocycles. The number of fused-ring (bicyclic) bond motifs is 1. The van der Waals surface area contributed by atoms with E-state index in [1.165, 1.54) is 6.42 Å². The molecule has 3 fully saturated rings. The summed E-state index contributed by atoms with van der Waals surface area (Å²) in [6.45, 7) is 4.47. The molecule has 0 radical (unpaired) electrons. The molecule has 3 nitrogen and oxygen atoms in total. The van der Waals surface area contributed by atoms with Crippen LogP contribution in [0.3, 0.4) is 0 Å². The Kier molecular flexibility index (Phi) is 2.66.